The number of benzene rings is 1. The van der Waals surface area contributed by atoms with Gasteiger partial charge in [-0.3, -0.25) is 4.79 Å². The van der Waals surface area contributed by atoms with Crippen molar-refractivity contribution in [2.24, 2.45) is 0 Å². The van der Waals surface area contributed by atoms with Gasteiger partial charge in [0.15, 0.2) is 0 Å². The molecule has 0 fully saturated rings. The van der Waals surface area contributed by atoms with Crippen molar-refractivity contribution >= 4 is 17.6 Å². The second kappa shape index (κ2) is 5.40. The van der Waals surface area contributed by atoms with Crippen molar-refractivity contribution in [1.29, 1.82) is 0 Å². The first kappa shape index (κ1) is 13.8. The molecule has 0 aliphatic carbocycles. The molecule has 0 atom stereocenters. The number of hydrogen-bond acceptors (Lipinski definition) is 2. The van der Waals surface area contributed by atoms with E-state index in [1.165, 1.54) is 0 Å². The normalized spacial score (nSPS) is 11.4. The minimum Gasteiger partial charge on any atom is -0.466 e. The molecular formula is C11H10ClF3O2. The first-order valence-electron chi connectivity index (χ1n) is 4.86. The van der Waals surface area contributed by atoms with Crippen LogP contribution in [0.2, 0.25) is 5.02 Å². The third-order valence-electron chi connectivity index (χ3n) is 2.01. The lowest BCUT2D eigenvalue weighted by Gasteiger charge is -2.12. The fourth-order valence-corrected chi connectivity index (χ4v) is 1.55. The monoisotopic (exact) mass is 266 g/mol. The van der Waals surface area contributed by atoms with Crippen molar-refractivity contribution in [2.45, 2.75) is 19.5 Å². The summed E-state index contributed by atoms with van der Waals surface area (Å²) in [7, 11) is 0. The van der Waals surface area contributed by atoms with E-state index in [1.54, 1.807) is 6.92 Å². The average Bonchev–Trinajstić information content (AvgIpc) is 2.15. The van der Waals surface area contributed by atoms with Crippen LogP contribution in [0.15, 0.2) is 18.2 Å². The van der Waals surface area contributed by atoms with Gasteiger partial charge in [-0.15, -0.1) is 0 Å². The van der Waals surface area contributed by atoms with Crippen LogP contribution in [0.4, 0.5) is 13.2 Å². The summed E-state index contributed by atoms with van der Waals surface area (Å²) in [6.07, 6.45) is -4.95. The van der Waals surface area contributed by atoms with E-state index in [4.69, 9.17) is 11.6 Å². The van der Waals surface area contributed by atoms with Crippen molar-refractivity contribution in [3.63, 3.8) is 0 Å². The van der Waals surface area contributed by atoms with E-state index in [1.807, 2.05) is 0 Å². The first-order valence-corrected chi connectivity index (χ1v) is 5.23. The highest BCUT2D eigenvalue weighted by molar-refractivity contribution is 6.30. The number of esters is 1. The van der Waals surface area contributed by atoms with Crippen LogP contribution in [-0.4, -0.2) is 12.6 Å². The molecule has 0 aliphatic heterocycles. The Morgan fingerprint density at radius 1 is 1.41 bits per heavy atom. The van der Waals surface area contributed by atoms with E-state index in [0.29, 0.717) is 0 Å². The maximum Gasteiger partial charge on any atom is 0.416 e. The van der Waals surface area contributed by atoms with Crippen molar-refractivity contribution in [1.82, 2.24) is 0 Å². The summed E-state index contributed by atoms with van der Waals surface area (Å²) in [6.45, 7) is 1.71. The van der Waals surface area contributed by atoms with Gasteiger partial charge < -0.3 is 4.74 Å². The molecule has 0 spiro atoms. The van der Waals surface area contributed by atoms with Crippen LogP contribution in [-0.2, 0) is 22.1 Å². The highest BCUT2D eigenvalue weighted by Crippen LogP contribution is 2.33. The standard InChI is InChI=1S/C11H10ClF3O2/c1-2-17-10(16)6-7-5-8(12)3-4-9(7)11(13,14)15/h3-5H,2,6H2,1H3. The Hall–Kier alpha value is -1.23. The predicted molar refractivity (Wildman–Crippen MR) is 56.8 cm³/mol. The number of carbonyl (C=O) groups excluding carboxylic acids is 1. The van der Waals surface area contributed by atoms with Crippen molar-refractivity contribution in [2.75, 3.05) is 6.61 Å². The molecule has 6 heteroatoms. The second-order valence-corrected chi connectivity index (χ2v) is 3.72. The summed E-state index contributed by atoms with van der Waals surface area (Å²) in [5, 5.41) is 0.150. The highest BCUT2D eigenvalue weighted by atomic mass is 35.5. The summed E-state index contributed by atoms with van der Waals surface area (Å²) in [4.78, 5) is 11.2. The molecule has 0 amide bonds. The summed E-state index contributed by atoms with van der Waals surface area (Å²) in [6, 6.07) is 3.12. The van der Waals surface area contributed by atoms with Crippen LogP contribution >= 0.6 is 11.6 Å². The van der Waals surface area contributed by atoms with Crippen LogP contribution in [0.1, 0.15) is 18.1 Å². The fraction of sp³-hybridized carbons (Fsp3) is 0.364. The third-order valence-corrected chi connectivity index (χ3v) is 2.25. The number of ether oxygens (including phenoxy) is 1. The molecular weight excluding hydrogens is 257 g/mol. The van der Waals surface area contributed by atoms with Gasteiger partial charge in [0.2, 0.25) is 0 Å². The van der Waals surface area contributed by atoms with Gasteiger partial charge in [0.25, 0.3) is 0 Å². The Balaban J connectivity index is 3.04. The maximum absolute atomic E-state index is 12.6. The molecule has 0 bridgehead atoms. The number of rotatable bonds is 3. The van der Waals surface area contributed by atoms with Gasteiger partial charge >= 0.3 is 12.1 Å². The summed E-state index contributed by atoms with van der Waals surface area (Å²) < 4.78 is 42.5. The Morgan fingerprint density at radius 2 is 2.06 bits per heavy atom. The van der Waals surface area contributed by atoms with E-state index >= 15 is 0 Å². The van der Waals surface area contributed by atoms with Crippen LogP contribution in [0.3, 0.4) is 0 Å². The number of alkyl halides is 3. The van der Waals surface area contributed by atoms with Gasteiger partial charge in [-0.25, -0.2) is 0 Å². The average molecular weight is 267 g/mol. The third kappa shape index (κ3) is 3.93. The summed E-state index contributed by atoms with van der Waals surface area (Å²) >= 11 is 5.61. The molecule has 0 unspecified atom stereocenters. The minimum atomic E-state index is -4.51. The van der Waals surface area contributed by atoms with E-state index in [0.717, 1.165) is 18.2 Å². The maximum atomic E-state index is 12.6. The molecule has 1 aromatic rings. The topological polar surface area (TPSA) is 26.3 Å². The van der Waals surface area contributed by atoms with Gasteiger partial charge in [-0.2, -0.15) is 13.2 Å². The molecule has 0 radical (unpaired) electrons. The molecule has 2 nitrogen and oxygen atoms in total. The van der Waals surface area contributed by atoms with Crippen LogP contribution in [0, 0.1) is 0 Å². The van der Waals surface area contributed by atoms with Gasteiger partial charge in [0, 0.05) is 5.02 Å². The molecule has 94 valence electrons. The zero-order valence-electron chi connectivity index (χ0n) is 8.97. The Labute approximate surface area is 101 Å². The van der Waals surface area contributed by atoms with Gasteiger partial charge in [-0.05, 0) is 30.7 Å². The zero-order chi connectivity index (χ0) is 13.1. The molecule has 17 heavy (non-hydrogen) atoms. The van der Waals surface area contributed by atoms with E-state index in [9.17, 15) is 18.0 Å². The molecule has 0 N–H and O–H groups in total. The molecule has 1 rings (SSSR count). The van der Waals surface area contributed by atoms with Gasteiger partial charge in [0.1, 0.15) is 0 Å². The number of carbonyl (C=O) groups is 1. The van der Waals surface area contributed by atoms with Gasteiger partial charge in [0.05, 0.1) is 18.6 Å². The number of hydrogen-bond donors (Lipinski definition) is 0. The first-order chi connectivity index (χ1) is 7.84. The largest absolute Gasteiger partial charge is 0.466 e. The Kier molecular flexibility index (Phi) is 4.40. The Bertz CT molecular complexity index is 416. The van der Waals surface area contributed by atoms with Gasteiger partial charge in [-0.1, -0.05) is 11.6 Å². The fourth-order valence-electron chi connectivity index (χ4n) is 1.35. The lowest BCUT2D eigenvalue weighted by atomic mass is 10.0. The van der Waals surface area contributed by atoms with Crippen LogP contribution < -0.4 is 0 Å². The molecule has 0 saturated heterocycles. The highest BCUT2D eigenvalue weighted by Gasteiger charge is 2.33. The summed E-state index contributed by atoms with van der Waals surface area (Å²) in [5.74, 6) is -0.708. The van der Waals surface area contributed by atoms with E-state index in [2.05, 4.69) is 4.74 Å². The number of halogens is 4. The molecule has 0 saturated carbocycles. The SMILES string of the molecule is CCOC(=O)Cc1cc(Cl)ccc1C(F)(F)F. The van der Waals surface area contributed by atoms with Crippen molar-refractivity contribution in [3.8, 4) is 0 Å². The van der Waals surface area contributed by atoms with Crippen LogP contribution in [0.5, 0.6) is 0 Å². The second-order valence-electron chi connectivity index (χ2n) is 3.28. The molecule has 0 aliphatic rings. The molecule has 0 heterocycles. The zero-order valence-corrected chi connectivity index (χ0v) is 9.73. The van der Waals surface area contributed by atoms with E-state index < -0.39 is 24.1 Å². The predicted octanol–water partition coefficient (Wildman–Crippen LogP) is 3.46. The molecule has 1 aromatic carbocycles. The van der Waals surface area contributed by atoms with E-state index in [-0.39, 0.29) is 17.2 Å². The smallest absolute Gasteiger partial charge is 0.416 e. The quantitative estimate of drug-likeness (QED) is 0.783. The Morgan fingerprint density at radius 3 is 2.59 bits per heavy atom. The van der Waals surface area contributed by atoms with Crippen LogP contribution in [0.25, 0.3) is 0 Å². The molecule has 0 aromatic heterocycles. The van der Waals surface area contributed by atoms with Crippen molar-refractivity contribution in [3.05, 3.63) is 34.3 Å². The minimum absolute atomic E-state index is 0.126. The van der Waals surface area contributed by atoms with Crippen molar-refractivity contribution < 1.29 is 22.7 Å². The summed E-state index contributed by atoms with van der Waals surface area (Å²) in [5.41, 5.74) is -1.04. The lowest BCUT2D eigenvalue weighted by molar-refractivity contribution is -0.143. The lowest BCUT2D eigenvalue weighted by Crippen LogP contribution is -2.14.